The molecule has 3 aromatic carbocycles. The van der Waals surface area contributed by atoms with E-state index in [1.165, 1.54) is 17.0 Å². The van der Waals surface area contributed by atoms with E-state index in [1.807, 2.05) is 44.2 Å². The maximum Gasteiger partial charge on any atom is 0.264 e. The Bertz CT molecular complexity index is 1250. The average Bonchev–Trinajstić information content (AvgIpc) is 2.91. The van der Waals surface area contributed by atoms with Crippen molar-refractivity contribution in [2.45, 2.75) is 38.1 Å². The van der Waals surface area contributed by atoms with Gasteiger partial charge in [-0.05, 0) is 49.1 Å². The van der Waals surface area contributed by atoms with E-state index in [-0.39, 0.29) is 23.3 Å². The van der Waals surface area contributed by atoms with Gasteiger partial charge in [0.1, 0.15) is 12.6 Å². The molecule has 0 saturated heterocycles. The van der Waals surface area contributed by atoms with Crippen LogP contribution in [0.2, 0.25) is 0 Å². The van der Waals surface area contributed by atoms with Crippen LogP contribution in [0, 0.1) is 5.92 Å². The zero-order valence-corrected chi connectivity index (χ0v) is 22.4. The molecule has 7 nitrogen and oxygen atoms in total. The number of para-hydroxylation sites is 1. The summed E-state index contributed by atoms with van der Waals surface area (Å²) in [4.78, 5) is 28.3. The Balaban J connectivity index is 1.91. The van der Waals surface area contributed by atoms with E-state index >= 15 is 0 Å². The normalized spacial score (nSPS) is 12.1. The second-order valence-corrected chi connectivity index (χ2v) is 11.2. The lowest BCUT2D eigenvalue weighted by molar-refractivity contribution is -0.138. The van der Waals surface area contributed by atoms with E-state index in [9.17, 15) is 18.0 Å². The van der Waals surface area contributed by atoms with Crippen molar-refractivity contribution >= 4 is 27.5 Å². The first kappa shape index (κ1) is 27.9. The third-order valence-electron chi connectivity index (χ3n) is 5.99. The van der Waals surface area contributed by atoms with Crippen molar-refractivity contribution in [3.8, 4) is 0 Å². The molecule has 2 amide bonds. The predicted molar refractivity (Wildman–Crippen MR) is 147 cm³/mol. The number of rotatable bonds is 12. The lowest BCUT2D eigenvalue weighted by atomic mass is 10.1. The van der Waals surface area contributed by atoms with Crippen LogP contribution in [0.5, 0.6) is 0 Å². The summed E-state index contributed by atoms with van der Waals surface area (Å²) in [6.07, 6.45) is 0.533. The molecule has 0 aromatic heterocycles. The molecular weight excluding hydrogens is 486 g/mol. The number of nitrogens with one attached hydrogen (secondary N) is 1. The van der Waals surface area contributed by atoms with Gasteiger partial charge in [0, 0.05) is 13.1 Å². The van der Waals surface area contributed by atoms with Crippen LogP contribution >= 0.6 is 0 Å². The second kappa shape index (κ2) is 13.1. The fourth-order valence-electron chi connectivity index (χ4n) is 3.87. The fraction of sp³-hybridized carbons (Fsp3) is 0.310. The van der Waals surface area contributed by atoms with E-state index in [0.717, 1.165) is 9.87 Å². The minimum atomic E-state index is -4.03. The van der Waals surface area contributed by atoms with Gasteiger partial charge in [0.05, 0.1) is 10.6 Å². The van der Waals surface area contributed by atoms with Crippen molar-refractivity contribution in [3.63, 3.8) is 0 Å². The zero-order valence-electron chi connectivity index (χ0n) is 21.6. The van der Waals surface area contributed by atoms with Crippen molar-refractivity contribution in [1.82, 2.24) is 10.2 Å². The molecule has 0 saturated carbocycles. The monoisotopic (exact) mass is 521 g/mol. The number of carbonyl (C=O) groups is 2. The van der Waals surface area contributed by atoms with Gasteiger partial charge in [-0.3, -0.25) is 13.9 Å². The van der Waals surface area contributed by atoms with Gasteiger partial charge in [-0.15, -0.1) is 0 Å². The molecule has 3 aromatic rings. The third kappa shape index (κ3) is 7.67. The highest BCUT2D eigenvalue weighted by Crippen LogP contribution is 2.24. The minimum absolute atomic E-state index is 0.0882. The van der Waals surface area contributed by atoms with Crippen molar-refractivity contribution in [2.24, 2.45) is 5.92 Å². The summed E-state index contributed by atoms with van der Waals surface area (Å²) < 4.78 is 28.4. The molecule has 196 valence electrons. The molecule has 0 unspecified atom stereocenters. The van der Waals surface area contributed by atoms with Gasteiger partial charge in [0.2, 0.25) is 11.8 Å². The summed E-state index contributed by atoms with van der Waals surface area (Å²) in [5.74, 6) is -0.465. The molecule has 3 rings (SSSR count). The van der Waals surface area contributed by atoms with E-state index in [0.29, 0.717) is 18.7 Å². The summed E-state index contributed by atoms with van der Waals surface area (Å²) in [5, 5.41) is 2.89. The number of nitrogens with zero attached hydrogens (tertiary/aromatic N) is 2. The second-order valence-electron chi connectivity index (χ2n) is 9.30. The highest BCUT2D eigenvalue weighted by atomic mass is 32.2. The molecule has 0 aliphatic carbocycles. The minimum Gasteiger partial charge on any atom is -0.354 e. The summed E-state index contributed by atoms with van der Waals surface area (Å²) >= 11 is 0. The number of benzene rings is 3. The molecule has 1 N–H and O–H groups in total. The molecule has 0 spiro atoms. The van der Waals surface area contributed by atoms with Crippen molar-refractivity contribution in [3.05, 3.63) is 96.6 Å². The first-order valence-electron chi connectivity index (χ1n) is 12.4. The molecule has 1 atom stereocenters. The summed E-state index contributed by atoms with van der Waals surface area (Å²) in [5.41, 5.74) is 1.39. The Morgan fingerprint density at radius 1 is 0.811 bits per heavy atom. The predicted octanol–water partition coefficient (Wildman–Crippen LogP) is 4.11. The van der Waals surface area contributed by atoms with Gasteiger partial charge in [-0.25, -0.2) is 8.42 Å². The smallest absolute Gasteiger partial charge is 0.264 e. The SMILES string of the molecule is CC(C)CNC(=O)[C@H](C)N(CCc1ccccc1)C(=O)CN(c1ccccc1)S(=O)(=O)c1ccccc1. The maximum absolute atomic E-state index is 13.8. The number of anilines is 1. The number of carbonyl (C=O) groups excluding carboxylic acids is 2. The highest BCUT2D eigenvalue weighted by molar-refractivity contribution is 7.92. The number of hydrogen-bond acceptors (Lipinski definition) is 4. The van der Waals surface area contributed by atoms with Crippen LogP contribution in [0.4, 0.5) is 5.69 Å². The third-order valence-corrected chi connectivity index (χ3v) is 7.78. The van der Waals surface area contributed by atoms with Gasteiger partial charge in [0.15, 0.2) is 0 Å². The van der Waals surface area contributed by atoms with Gasteiger partial charge in [-0.1, -0.05) is 80.6 Å². The molecule has 37 heavy (non-hydrogen) atoms. The zero-order chi connectivity index (χ0) is 26.8. The summed E-state index contributed by atoms with van der Waals surface area (Å²) in [7, 11) is -4.03. The van der Waals surface area contributed by atoms with E-state index < -0.39 is 28.5 Å². The van der Waals surface area contributed by atoms with Crippen molar-refractivity contribution < 1.29 is 18.0 Å². The lowest BCUT2D eigenvalue weighted by Crippen LogP contribution is -2.52. The Morgan fingerprint density at radius 2 is 1.35 bits per heavy atom. The molecule has 0 heterocycles. The Kier molecular flexibility index (Phi) is 9.85. The summed E-state index contributed by atoms with van der Waals surface area (Å²) in [6, 6.07) is 25.5. The lowest BCUT2D eigenvalue weighted by Gasteiger charge is -2.32. The number of amides is 2. The van der Waals surface area contributed by atoms with Gasteiger partial charge in [0.25, 0.3) is 10.0 Å². The van der Waals surface area contributed by atoms with Crippen molar-refractivity contribution in [2.75, 3.05) is 23.9 Å². The van der Waals surface area contributed by atoms with Crippen LogP contribution in [0.15, 0.2) is 95.9 Å². The number of sulfonamides is 1. The molecule has 0 radical (unpaired) electrons. The van der Waals surface area contributed by atoms with Crippen LogP contribution in [0.3, 0.4) is 0 Å². The highest BCUT2D eigenvalue weighted by Gasteiger charge is 2.32. The molecule has 8 heteroatoms. The first-order valence-corrected chi connectivity index (χ1v) is 13.9. The van der Waals surface area contributed by atoms with E-state index in [4.69, 9.17) is 0 Å². The first-order chi connectivity index (χ1) is 17.7. The fourth-order valence-corrected chi connectivity index (χ4v) is 5.30. The molecule has 0 bridgehead atoms. The van der Waals surface area contributed by atoms with Crippen LogP contribution in [0.25, 0.3) is 0 Å². The topological polar surface area (TPSA) is 86.8 Å². The van der Waals surface area contributed by atoms with Crippen LogP contribution in [-0.4, -0.2) is 50.8 Å². The van der Waals surface area contributed by atoms with Gasteiger partial charge < -0.3 is 10.2 Å². The number of hydrogen-bond donors (Lipinski definition) is 1. The van der Waals surface area contributed by atoms with Gasteiger partial charge in [-0.2, -0.15) is 0 Å². The average molecular weight is 522 g/mol. The van der Waals surface area contributed by atoms with Crippen LogP contribution in [-0.2, 0) is 26.0 Å². The Labute approximate surface area is 220 Å². The van der Waals surface area contributed by atoms with Crippen molar-refractivity contribution in [1.29, 1.82) is 0 Å². The van der Waals surface area contributed by atoms with E-state index in [1.54, 1.807) is 55.5 Å². The van der Waals surface area contributed by atoms with Gasteiger partial charge >= 0.3 is 0 Å². The maximum atomic E-state index is 13.8. The quantitative estimate of drug-likeness (QED) is 0.389. The van der Waals surface area contributed by atoms with E-state index in [2.05, 4.69) is 5.32 Å². The van der Waals surface area contributed by atoms with Crippen LogP contribution < -0.4 is 9.62 Å². The molecular formula is C29H35N3O4S. The molecule has 0 aliphatic heterocycles. The Morgan fingerprint density at radius 3 is 1.92 bits per heavy atom. The molecule has 0 aliphatic rings. The summed E-state index contributed by atoms with van der Waals surface area (Å²) in [6.45, 7) is 6.00. The molecule has 0 fully saturated rings. The Hall–Kier alpha value is -3.65. The standard InChI is InChI=1S/C29H35N3O4S/c1-23(2)21-30-29(34)24(3)31(20-19-25-13-7-4-8-14-25)28(33)22-32(26-15-9-5-10-16-26)37(35,36)27-17-11-6-12-18-27/h4-18,23-24H,19-22H2,1-3H3,(H,30,34)/t24-/m0/s1. The largest absolute Gasteiger partial charge is 0.354 e. The van der Waals surface area contributed by atoms with Crippen LogP contribution in [0.1, 0.15) is 26.3 Å².